The molecule has 0 fully saturated rings. The molecule has 1 rings (SSSR count). The van der Waals surface area contributed by atoms with Gasteiger partial charge in [-0.15, -0.1) is 0 Å². The Morgan fingerprint density at radius 1 is 1.30 bits per heavy atom. The van der Waals surface area contributed by atoms with E-state index in [-0.39, 0.29) is 23.7 Å². The lowest BCUT2D eigenvalue weighted by atomic mass is 10.1. The minimum Gasteiger partial charge on any atom is -0.492 e. The van der Waals surface area contributed by atoms with Gasteiger partial charge in [-0.3, -0.25) is 0 Å². The minimum atomic E-state index is -3.28. The van der Waals surface area contributed by atoms with Crippen molar-refractivity contribution in [1.82, 2.24) is 0 Å². The number of carbonyl (C=O) groups is 1. The molecule has 6 heteroatoms. The first kappa shape index (κ1) is 16.5. The Hall–Kier alpha value is -1.56. The molecule has 5 nitrogen and oxygen atoms in total. The van der Waals surface area contributed by atoms with Crippen molar-refractivity contribution in [3.05, 3.63) is 29.3 Å². The third-order valence-corrected chi connectivity index (χ3v) is 5.48. The molecular weight excluding hydrogens is 280 g/mol. The Morgan fingerprint density at radius 2 is 1.90 bits per heavy atom. The van der Waals surface area contributed by atoms with E-state index in [1.165, 1.54) is 6.07 Å². The number of hydrogen-bond donors (Lipinski definition) is 1. The Morgan fingerprint density at radius 3 is 2.40 bits per heavy atom. The molecule has 0 bridgehead atoms. The van der Waals surface area contributed by atoms with Crippen LogP contribution in [-0.2, 0) is 9.84 Å². The van der Waals surface area contributed by atoms with Gasteiger partial charge in [0.15, 0.2) is 9.84 Å². The van der Waals surface area contributed by atoms with E-state index in [2.05, 4.69) is 0 Å². The quantitative estimate of drug-likeness (QED) is 0.902. The molecule has 0 saturated carbocycles. The fourth-order valence-electron chi connectivity index (χ4n) is 1.49. The molecule has 1 aromatic rings. The fourth-order valence-corrected chi connectivity index (χ4v) is 2.41. The molecular formula is C14H20O5S. The van der Waals surface area contributed by atoms with Crippen molar-refractivity contribution in [3.8, 4) is 5.75 Å². The van der Waals surface area contributed by atoms with Gasteiger partial charge in [0.25, 0.3) is 0 Å². The fraction of sp³-hybridized carbons (Fsp3) is 0.500. The zero-order valence-electron chi connectivity index (χ0n) is 12.1. The van der Waals surface area contributed by atoms with E-state index in [0.29, 0.717) is 0 Å². The summed E-state index contributed by atoms with van der Waals surface area (Å²) in [7, 11) is -3.28. The van der Waals surface area contributed by atoms with Crippen molar-refractivity contribution in [2.45, 2.75) is 32.4 Å². The molecule has 0 unspecified atom stereocenters. The maximum absolute atomic E-state index is 11.9. The predicted octanol–water partition coefficient (Wildman–Crippen LogP) is 2.29. The molecule has 0 aliphatic rings. The summed E-state index contributed by atoms with van der Waals surface area (Å²) in [5.41, 5.74) is 0.882. The molecule has 1 N–H and O–H groups in total. The van der Waals surface area contributed by atoms with E-state index in [1.54, 1.807) is 32.9 Å². The van der Waals surface area contributed by atoms with Crippen LogP contribution in [0.25, 0.3) is 0 Å². The summed E-state index contributed by atoms with van der Waals surface area (Å²) in [6, 6.07) is 4.71. The first-order valence-electron chi connectivity index (χ1n) is 6.23. The number of rotatable bonds is 5. The SMILES string of the molecule is Cc1ccc(C(=O)O)c(OCCS(=O)(=O)C(C)(C)C)c1. The second-order valence-corrected chi connectivity index (χ2v) is 8.45. The number of hydrogen-bond acceptors (Lipinski definition) is 4. The number of carboxylic acid groups (broad SMARTS) is 1. The standard InChI is InChI=1S/C14H20O5S/c1-10-5-6-11(13(15)16)12(9-10)19-7-8-20(17,18)14(2,3)4/h5-6,9H,7-8H2,1-4H3,(H,15,16). The molecule has 0 saturated heterocycles. The van der Waals surface area contributed by atoms with E-state index in [4.69, 9.17) is 9.84 Å². The van der Waals surface area contributed by atoms with Crippen LogP contribution in [0, 0.1) is 6.92 Å². The number of ether oxygens (including phenoxy) is 1. The van der Waals surface area contributed by atoms with E-state index in [0.717, 1.165) is 5.56 Å². The molecule has 0 amide bonds. The number of benzene rings is 1. The van der Waals surface area contributed by atoms with Crippen LogP contribution in [0.2, 0.25) is 0 Å². The normalized spacial score (nSPS) is 12.2. The average molecular weight is 300 g/mol. The van der Waals surface area contributed by atoms with Crippen molar-refractivity contribution >= 4 is 15.8 Å². The lowest BCUT2D eigenvalue weighted by Gasteiger charge is -2.19. The zero-order valence-corrected chi connectivity index (χ0v) is 13.0. The lowest BCUT2D eigenvalue weighted by molar-refractivity contribution is 0.0692. The van der Waals surface area contributed by atoms with Crippen LogP contribution >= 0.6 is 0 Å². The lowest BCUT2D eigenvalue weighted by Crippen LogP contribution is -2.32. The summed E-state index contributed by atoms with van der Waals surface area (Å²) >= 11 is 0. The highest BCUT2D eigenvalue weighted by Gasteiger charge is 2.28. The summed E-state index contributed by atoms with van der Waals surface area (Å²) < 4.78 is 28.4. The number of aryl methyl sites for hydroxylation is 1. The topological polar surface area (TPSA) is 80.7 Å². The van der Waals surface area contributed by atoms with Gasteiger partial charge in [-0.1, -0.05) is 6.07 Å². The van der Waals surface area contributed by atoms with Gasteiger partial charge >= 0.3 is 5.97 Å². The van der Waals surface area contributed by atoms with Crippen molar-refractivity contribution < 1.29 is 23.1 Å². The van der Waals surface area contributed by atoms with E-state index in [1.807, 2.05) is 6.92 Å². The first-order valence-corrected chi connectivity index (χ1v) is 7.89. The van der Waals surface area contributed by atoms with Crippen molar-refractivity contribution in [1.29, 1.82) is 0 Å². The monoisotopic (exact) mass is 300 g/mol. The summed E-state index contributed by atoms with van der Waals surface area (Å²) in [5.74, 6) is -1.05. The first-order chi connectivity index (χ1) is 9.04. The van der Waals surface area contributed by atoms with Crippen LogP contribution in [0.3, 0.4) is 0 Å². The molecule has 20 heavy (non-hydrogen) atoms. The van der Waals surface area contributed by atoms with Gasteiger partial charge in [0.2, 0.25) is 0 Å². The number of carboxylic acids is 1. The van der Waals surface area contributed by atoms with E-state index >= 15 is 0 Å². The number of sulfone groups is 1. The zero-order chi connectivity index (χ0) is 15.6. The molecule has 112 valence electrons. The summed E-state index contributed by atoms with van der Waals surface area (Å²) in [5, 5.41) is 9.05. The van der Waals surface area contributed by atoms with Gasteiger partial charge in [0, 0.05) is 0 Å². The molecule has 0 aromatic heterocycles. The van der Waals surface area contributed by atoms with Crippen LogP contribution in [0.1, 0.15) is 36.7 Å². The Kier molecular flexibility index (Phi) is 4.81. The highest BCUT2D eigenvalue weighted by Crippen LogP contribution is 2.21. The maximum Gasteiger partial charge on any atom is 0.339 e. The van der Waals surface area contributed by atoms with E-state index in [9.17, 15) is 13.2 Å². The molecule has 0 spiro atoms. The summed E-state index contributed by atoms with van der Waals surface area (Å²) in [6.45, 7) is 6.61. The highest BCUT2D eigenvalue weighted by molar-refractivity contribution is 7.92. The summed E-state index contributed by atoms with van der Waals surface area (Å²) in [6.07, 6.45) is 0. The highest BCUT2D eigenvalue weighted by atomic mass is 32.2. The van der Waals surface area contributed by atoms with Crippen molar-refractivity contribution in [2.75, 3.05) is 12.4 Å². The van der Waals surface area contributed by atoms with Crippen molar-refractivity contribution in [3.63, 3.8) is 0 Å². The van der Waals surface area contributed by atoms with Crippen LogP contribution in [0.4, 0.5) is 0 Å². The molecule has 0 radical (unpaired) electrons. The Bertz CT molecular complexity index is 596. The van der Waals surface area contributed by atoms with E-state index < -0.39 is 20.6 Å². The minimum absolute atomic E-state index is 0.0313. The number of aromatic carboxylic acids is 1. The third-order valence-electron chi connectivity index (χ3n) is 2.91. The van der Waals surface area contributed by atoms with Gasteiger partial charge in [0.1, 0.15) is 17.9 Å². The van der Waals surface area contributed by atoms with Gasteiger partial charge in [-0.05, 0) is 45.4 Å². The smallest absolute Gasteiger partial charge is 0.339 e. The Labute approximate surface area is 119 Å². The largest absolute Gasteiger partial charge is 0.492 e. The third kappa shape index (κ3) is 3.96. The molecule has 0 atom stereocenters. The second kappa shape index (κ2) is 5.83. The van der Waals surface area contributed by atoms with Crippen LogP contribution in [0.5, 0.6) is 5.75 Å². The van der Waals surface area contributed by atoms with Gasteiger partial charge in [-0.2, -0.15) is 0 Å². The van der Waals surface area contributed by atoms with Crippen LogP contribution in [-0.4, -0.2) is 36.6 Å². The van der Waals surface area contributed by atoms with Crippen LogP contribution < -0.4 is 4.74 Å². The molecule has 0 aliphatic heterocycles. The maximum atomic E-state index is 11.9. The second-order valence-electron chi connectivity index (χ2n) is 5.58. The molecule has 0 aliphatic carbocycles. The van der Waals surface area contributed by atoms with Crippen LogP contribution in [0.15, 0.2) is 18.2 Å². The molecule has 0 heterocycles. The molecule has 1 aromatic carbocycles. The Balaban J connectivity index is 2.82. The van der Waals surface area contributed by atoms with Gasteiger partial charge in [0.05, 0.1) is 10.5 Å². The van der Waals surface area contributed by atoms with Crippen molar-refractivity contribution in [2.24, 2.45) is 0 Å². The predicted molar refractivity (Wildman–Crippen MR) is 77.2 cm³/mol. The van der Waals surface area contributed by atoms with Gasteiger partial charge in [-0.25, -0.2) is 13.2 Å². The average Bonchev–Trinajstić information content (AvgIpc) is 2.26. The van der Waals surface area contributed by atoms with Gasteiger partial charge < -0.3 is 9.84 Å². The summed E-state index contributed by atoms with van der Waals surface area (Å²) in [4.78, 5) is 11.1.